The van der Waals surface area contributed by atoms with Gasteiger partial charge in [-0.1, -0.05) is 18.2 Å². The normalized spacial score (nSPS) is 17.9. The molecule has 3 rings (SSSR count). The van der Waals surface area contributed by atoms with Gasteiger partial charge in [-0.3, -0.25) is 4.68 Å². The molecule has 1 aliphatic rings. The summed E-state index contributed by atoms with van der Waals surface area (Å²) in [7, 11) is 1.97. The Labute approximate surface area is 185 Å². The molecular formula is C21H32IN5O. The van der Waals surface area contributed by atoms with Crippen LogP contribution in [0.3, 0.4) is 0 Å². The molecular weight excluding hydrogens is 465 g/mol. The van der Waals surface area contributed by atoms with Crippen molar-refractivity contribution < 1.29 is 4.74 Å². The third-order valence-electron chi connectivity index (χ3n) is 4.94. The molecule has 2 unspecified atom stereocenters. The van der Waals surface area contributed by atoms with Crippen LogP contribution in [-0.2, 0) is 7.05 Å². The van der Waals surface area contributed by atoms with E-state index in [4.69, 9.17) is 9.73 Å². The van der Waals surface area contributed by atoms with Crippen molar-refractivity contribution in [3.63, 3.8) is 0 Å². The Bertz CT molecular complexity index is 776. The SMILES string of the molecule is CCNC(=NCC(C)Oc1ccccc1C)N1CCC(c2cnn(C)c2)C1.I. The fourth-order valence-corrected chi connectivity index (χ4v) is 3.46. The molecule has 1 saturated heterocycles. The number of rotatable bonds is 6. The number of benzene rings is 1. The van der Waals surface area contributed by atoms with E-state index in [1.807, 2.05) is 36.1 Å². The van der Waals surface area contributed by atoms with E-state index in [0.29, 0.717) is 12.5 Å². The second-order valence-corrected chi connectivity index (χ2v) is 7.27. The molecule has 0 amide bonds. The van der Waals surface area contributed by atoms with Crippen LogP contribution in [0.15, 0.2) is 41.7 Å². The zero-order valence-corrected chi connectivity index (χ0v) is 19.6. The second-order valence-electron chi connectivity index (χ2n) is 7.27. The molecule has 0 radical (unpaired) electrons. The fraction of sp³-hybridized carbons (Fsp3) is 0.524. The first-order valence-corrected chi connectivity index (χ1v) is 9.81. The number of hydrogen-bond acceptors (Lipinski definition) is 3. The molecule has 28 heavy (non-hydrogen) atoms. The van der Waals surface area contributed by atoms with Crippen molar-refractivity contribution in [2.45, 2.75) is 39.2 Å². The van der Waals surface area contributed by atoms with Gasteiger partial charge >= 0.3 is 0 Å². The van der Waals surface area contributed by atoms with Crippen LogP contribution in [0.1, 0.15) is 37.3 Å². The Balaban J connectivity index is 0.00000280. The lowest BCUT2D eigenvalue weighted by Gasteiger charge is -2.22. The summed E-state index contributed by atoms with van der Waals surface area (Å²) >= 11 is 0. The number of para-hydroxylation sites is 1. The van der Waals surface area contributed by atoms with Crippen LogP contribution in [0.5, 0.6) is 5.75 Å². The van der Waals surface area contributed by atoms with Gasteiger partial charge < -0.3 is 15.0 Å². The average molecular weight is 497 g/mol. The highest BCUT2D eigenvalue weighted by molar-refractivity contribution is 14.0. The largest absolute Gasteiger partial charge is 0.489 e. The first kappa shape index (κ1) is 22.5. The molecule has 1 N–H and O–H groups in total. The van der Waals surface area contributed by atoms with Crippen molar-refractivity contribution in [3.05, 3.63) is 47.8 Å². The number of aryl methyl sites for hydroxylation is 2. The number of nitrogens with one attached hydrogen (secondary N) is 1. The minimum Gasteiger partial charge on any atom is -0.489 e. The van der Waals surface area contributed by atoms with E-state index < -0.39 is 0 Å². The Morgan fingerprint density at radius 3 is 2.86 bits per heavy atom. The smallest absolute Gasteiger partial charge is 0.194 e. The molecule has 6 nitrogen and oxygen atoms in total. The van der Waals surface area contributed by atoms with Crippen LogP contribution in [0.25, 0.3) is 0 Å². The number of halogens is 1. The monoisotopic (exact) mass is 497 g/mol. The summed E-state index contributed by atoms with van der Waals surface area (Å²) in [6, 6.07) is 8.11. The maximum absolute atomic E-state index is 6.07. The molecule has 1 aromatic heterocycles. The zero-order valence-electron chi connectivity index (χ0n) is 17.3. The number of guanidine groups is 1. The Morgan fingerprint density at radius 1 is 1.39 bits per heavy atom. The fourth-order valence-electron chi connectivity index (χ4n) is 3.46. The molecule has 0 aliphatic carbocycles. The van der Waals surface area contributed by atoms with Gasteiger partial charge in [-0.05, 0) is 44.4 Å². The van der Waals surface area contributed by atoms with Gasteiger partial charge in [0.15, 0.2) is 5.96 Å². The molecule has 2 heterocycles. The summed E-state index contributed by atoms with van der Waals surface area (Å²) in [4.78, 5) is 7.19. The standard InChI is InChI=1S/C21H31N5O.HI/c1-5-22-21(23-12-17(3)27-20-9-7-6-8-16(20)2)26-11-10-18(15-26)19-13-24-25(4)14-19;/h6-9,13-14,17-18H,5,10-12,15H2,1-4H3,(H,22,23);1H. The second kappa shape index (κ2) is 10.7. The summed E-state index contributed by atoms with van der Waals surface area (Å²) in [5.74, 6) is 2.43. The first-order chi connectivity index (χ1) is 13.1. The minimum absolute atomic E-state index is 0. The summed E-state index contributed by atoms with van der Waals surface area (Å²) < 4.78 is 7.94. The van der Waals surface area contributed by atoms with Crippen LogP contribution < -0.4 is 10.1 Å². The molecule has 2 atom stereocenters. The number of hydrogen-bond donors (Lipinski definition) is 1. The molecule has 154 valence electrons. The predicted molar refractivity (Wildman–Crippen MR) is 125 cm³/mol. The number of aliphatic imine (C=N–C) groups is 1. The van der Waals surface area contributed by atoms with Gasteiger partial charge in [0.05, 0.1) is 12.7 Å². The van der Waals surface area contributed by atoms with E-state index in [9.17, 15) is 0 Å². The van der Waals surface area contributed by atoms with Crippen LogP contribution in [0.2, 0.25) is 0 Å². The molecule has 0 spiro atoms. The lowest BCUT2D eigenvalue weighted by Crippen LogP contribution is -2.40. The third-order valence-corrected chi connectivity index (χ3v) is 4.94. The molecule has 2 aromatic rings. The van der Waals surface area contributed by atoms with Crippen LogP contribution in [0.4, 0.5) is 0 Å². The van der Waals surface area contributed by atoms with Crippen molar-refractivity contribution in [2.24, 2.45) is 12.0 Å². The number of ether oxygens (including phenoxy) is 1. The Kier molecular flexibility index (Phi) is 8.59. The quantitative estimate of drug-likeness (QED) is 0.377. The van der Waals surface area contributed by atoms with Gasteiger partial charge in [-0.25, -0.2) is 4.99 Å². The van der Waals surface area contributed by atoms with E-state index in [1.165, 1.54) is 5.56 Å². The predicted octanol–water partition coefficient (Wildman–Crippen LogP) is 3.57. The van der Waals surface area contributed by atoms with Crippen molar-refractivity contribution in [1.29, 1.82) is 0 Å². The maximum Gasteiger partial charge on any atom is 0.194 e. The number of aromatic nitrogens is 2. The third kappa shape index (κ3) is 5.86. The average Bonchev–Trinajstić information content (AvgIpc) is 3.29. The summed E-state index contributed by atoms with van der Waals surface area (Å²) in [5, 5.41) is 7.74. The molecule has 7 heteroatoms. The lowest BCUT2D eigenvalue weighted by atomic mass is 10.0. The van der Waals surface area contributed by atoms with Gasteiger partial charge in [0.2, 0.25) is 0 Å². The van der Waals surface area contributed by atoms with Gasteiger partial charge in [0.1, 0.15) is 11.9 Å². The molecule has 1 aromatic carbocycles. The summed E-state index contributed by atoms with van der Waals surface area (Å²) in [5.41, 5.74) is 2.46. The van der Waals surface area contributed by atoms with E-state index in [2.05, 4.69) is 48.3 Å². The van der Waals surface area contributed by atoms with E-state index >= 15 is 0 Å². The van der Waals surface area contributed by atoms with Crippen LogP contribution in [-0.4, -0.2) is 52.9 Å². The Morgan fingerprint density at radius 2 is 2.18 bits per heavy atom. The summed E-state index contributed by atoms with van der Waals surface area (Å²) in [6.07, 6.45) is 5.26. The molecule has 0 bridgehead atoms. The Hall–Kier alpha value is -1.77. The topological polar surface area (TPSA) is 54.7 Å². The van der Waals surface area contributed by atoms with E-state index in [0.717, 1.165) is 43.3 Å². The number of nitrogens with zero attached hydrogens (tertiary/aromatic N) is 4. The van der Waals surface area contributed by atoms with Gasteiger partial charge in [-0.2, -0.15) is 5.10 Å². The highest BCUT2D eigenvalue weighted by Gasteiger charge is 2.27. The van der Waals surface area contributed by atoms with Crippen molar-refractivity contribution in [1.82, 2.24) is 20.0 Å². The molecule has 0 saturated carbocycles. The zero-order chi connectivity index (χ0) is 19.2. The van der Waals surface area contributed by atoms with Gasteiger partial charge in [0.25, 0.3) is 0 Å². The molecule has 1 aliphatic heterocycles. The van der Waals surface area contributed by atoms with Gasteiger partial charge in [-0.15, -0.1) is 24.0 Å². The van der Waals surface area contributed by atoms with Gasteiger partial charge in [0, 0.05) is 38.8 Å². The van der Waals surface area contributed by atoms with Crippen LogP contribution >= 0.6 is 24.0 Å². The van der Waals surface area contributed by atoms with Crippen molar-refractivity contribution in [2.75, 3.05) is 26.2 Å². The lowest BCUT2D eigenvalue weighted by molar-refractivity contribution is 0.228. The minimum atomic E-state index is 0. The van der Waals surface area contributed by atoms with E-state index in [1.54, 1.807) is 0 Å². The first-order valence-electron chi connectivity index (χ1n) is 9.81. The highest BCUT2D eigenvalue weighted by Crippen LogP contribution is 2.26. The van der Waals surface area contributed by atoms with Crippen molar-refractivity contribution >= 4 is 29.9 Å². The maximum atomic E-state index is 6.07. The van der Waals surface area contributed by atoms with Crippen LogP contribution in [0, 0.1) is 6.92 Å². The van der Waals surface area contributed by atoms with Crippen molar-refractivity contribution in [3.8, 4) is 5.75 Å². The highest BCUT2D eigenvalue weighted by atomic mass is 127. The van der Waals surface area contributed by atoms with E-state index in [-0.39, 0.29) is 30.1 Å². The summed E-state index contributed by atoms with van der Waals surface area (Å²) in [6.45, 7) is 9.73. The molecule has 1 fully saturated rings. The number of likely N-dealkylation sites (tertiary alicyclic amines) is 1.